The van der Waals surface area contributed by atoms with E-state index in [0.29, 0.717) is 17.8 Å². The van der Waals surface area contributed by atoms with Crippen molar-refractivity contribution in [1.82, 2.24) is 20.5 Å². The van der Waals surface area contributed by atoms with Crippen molar-refractivity contribution in [1.29, 1.82) is 0 Å². The Bertz CT molecular complexity index is 564. The number of oxazole rings is 1. The molecule has 0 aliphatic carbocycles. The predicted molar refractivity (Wildman–Crippen MR) is 74.3 cm³/mol. The maximum absolute atomic E-state index is 5.24. The van der Waals surface area contributed by atoms with Gasteiger partial charge in [-0.1, -0.05) is 0 Å². The number of rotatable bonds is 2. The first kappa shape index (κ1) is 11.8. The molecule has 3 aliphatic heterocycles. The summed E-state index contributed by atoms with van der Waals surface area (Å²) in [7, 11) is 0. The average molecular weight is 271 g/mol. The Morgan fingerprint density at radius 3 is 3.00 bits per heavy atom. The van der Waals surface area contributed by atoms with Gasteiger partial charge < -0.3 is 14.6 Å². The molecule has 104 valence electrons. The molecule has 5 heterocycles. The maximum atomic E-state index is 5.24. The monoisotopic (exact) mass is 271 g/mol. The molecule has 3 aliphatic rings. The fourth-order valence-electron chi connectivity index (χ4n) is 3.18. The van der Waals surface area contributed by atoms with Crippen molar-refractivity contribution in [2.75, 3.05) is 18.0 Å². The summed E-state index contributed by atoms with van der Waals surface area (Å²) in [6, 6.07) is 5.16. The molecule has 6 heteroatoms. The molecule has 2 aromatic heterocycles. The van der Waals surface area contributed by atoms with Gasteiger partial charge in [0.25, 0.3) is 0 Å². The number of nitrogens with zero attached hydrogens (tertiary/aromatic N) is 4. The van der Waals surface area contributed by atoms with Crippen molar-refractivity contribution < 1.29 is 4.42 Å². The molecule has 6 nitrogen and oxygen atoms in total. The van der Waals surface area contributed by atoms with Gasteiger partial charge in [0.2, 0.25) is 0 Å². The molecule has 1 N–H and O–H groups in total. The molecule has 20 heavy (non-hydrogen) atoms. The Morgan fingerprint density at radius 1 is 1.20 bits per heavy atom. The highest BCUT2D eigenvalue weighted by Gasteiger charge is 2.31. The van der Waals surface area contributed by atoms with Gasteiger partial charge in [0, 0.05) is 18.6 Å². The van der Waals surface area contributed by atoms with E-state index in [1.807, 2.05) is 12.1 Å². The lowest BCUT2D eigenvalue weighted by Crippen LogP contribution is -2.46. The highest BCUT2D eigenvalue weighted by molar-refractivity contribution is 5.52. The van der Waals surface area contributed by atoms with Crippen LogP contribution < -0.4 is 10.2 Å². The van der Waals surface area contributed by atoms with Crippen LogP contribution in [0.2, 0.25) is 0 Å². The first-order chi connectivity index (χ1) is 9.90. The number of piperidine rings is 1. The topological polar surface area (TPSA) is 67.1 Å². The van der Waals surface area contributed by atoms with Crippen molar-refractivity contribution >= 4 is 5.82 Å². The van der Waals surface area contributed by atoms with Crippen LogP contribution >= 0.6 is 0 Å². The van der Waals surface area contributed by atoms with Crippen molar-refractivity contribution in [2.45, 2.75) is 31.3 Å². The summed E-state index contributed by atoms with van der Waals surface area (Å²) in [4.78, 5) is 6.30. The third kappa shape index (κ3) is 2.06. The fraction of sp³-hybridized carbons (Fsp3) is 0.500. The van der Waals surface area contributed by atoms with E-state index in [0.717, 1.165) is 24.6 Å². The van der Waals surface area contributed by atoms with E-state index in [-0.39, 0.29) is 0 Å². The molecule has 0 spiro atoms. The van der Waals surface area contributed by atoms with Gasteiger partial charge in [-0.15, -0.1) is 10.2 Å². The minimum atomic E-state index is 0.588. The van der Waals surface area contributed by atoms with Gasteiger partial charge in [0.15, 0.2) is 18.0 Å². The van der Waals surface area contributed by atoms with Crippen LogP contribution in [0.5, 0.6) is 0 Å². The van der Waals surface area contributed by atoms with E-state index < -0.39 is 0 Å². The Balaban J connectivity index is 1.59. The molecular formula is C14H17N5O. The number of fused-ring (bicyclic) bond motifs is 4. The maximum Gasteiger partial charge on any atom is 0.181 e. The van der Waals surface area contributed by atoms with Crippen LogP contribution in [0.1, 0.15) is 19.3 Å². The number of aromatic nitrogens is 3. The standard InChI is InChI=1S/C14H17N5O/c1-2-11-5-6-16-10(1)8-19(11)14-4-3-12(17-18-14)13-7-15-9-20-13/h3-4,7,9-11,16H,1-2,5-6,8H2. The van der Waals surface area contributed by atoms with Crippen molar-refractivity contribution in [3.8, 4) is 11.5 Å². The van der Waals surface area contributed by atoms with Crippen LogP contribution in [0.15, 0.2) is 29.1 Å². The molecule has 0 aromatic carbocycles. The molecular weight excluding hydrogens is 254 g/mol. The molecule has 0 saturated carbocycles. The highest BCUT2D eigenvalue weighted by atomic mass is 16.3. The third-order valence-corrected chi connectivity index (χ3v) is 4.25. The molecule has 0 radical (unpaired) electrons. The number of anilines is 1. The average Bonchev–Trinajstić information content (AvgIpc) is 2.85. The fourth-order valence-corrected chi connectivity index (χ4v) is 3.18. The zero-order valence-corrected chi connectivity index (χ0v) is 11.2. The van der Waals surface area contributed by atoms with Crippen LogP contribution in [-0.2, 0) is 0 Å². The van der Waals surface area contributed by atoms with Crippen molar-refractivity contribution in [3.05, 3.63) is 24.7 Å². The molecule has 5 rings (SSSR count). The summed E-state index contributed by atoms with van der Waals surface area (Å²) in [5.41, 5.74) is 0.726. The summed E-state index contributed by atoms with van der Waals surface area (Å²) in [5, 5.41) is 12.2. The Labute approximate surface area is 117 Å². The van der Waals surface area contributed by atoms with E-state index in [2.05, 4.69) is 25.4 Å². The molecule has 2 atom stereocenters. The predicted octanol–water partition coefficient (Wildman–Crippen LogP) is 1.46. The van der Waals surface area contributed by atoms with Gasteiger partial charge in [-0.25, -0.2) is 4.98 Å². The van der Waals surface area contributed by atoms with E-state index >= 15 is 0 Å². The normalized spacial score (nSPS) is 25.7. The third-order valence-electron chi connectivity index (χ3n) is 4.25. The van der Waals surface area contributed by atoms with Gasteiger partial charge in [0.1, 0.15) is 5.69 Å². The zero-order valence-electron chi connectivity index (χ0n) is 11.2. The summed E-state index contributed by atoms with van der Waals surface area (Å²) >= 11 is 0. The van der Waals surface area contributed by atoms with Crippen molar-refractivity contribution in [3.63, 3.8) is 0 Å². The molecule has 3 saturated heterocycles. The van der Waals surface area contributed by atoms with Gasteiger partial charge >= 0.3 is 0 Å². The summed E-state index contributed by atoms with van der Waals surface area (Å²) < 4.78 is 5.24. The quantitative estimate of drug-likeness (QED) is 0.892. The van der Waals surface area contributed by atoms with E-state index in [1.165, 1.54) is 25.7 Å². The van der Waals surface area contributed by atoms with Crippen LogP contribution in [0, 0.1) is 0 Å². The van der Waals surface area contributed by atoms with Crippen LogP contribution in [0.25, 0.3) is 11.5 Å². The van der Waals surface area contributed by atoms with Crippen LogP contribution in [0.3, 0.4) is 0 Å². The number of nitrogens with one attached hydrogen (secondary N) is 1. The molecule has 2 bridgehead atoms. The van der Waals surface area contributed by atoms with Crippen molar-refractivity contribution in [2.24, 2.45) is 0 Å². The second kappa shape index (κ2) is 4.86. The smallest absolute Gasteiger partial charge is 0.181 e. The van der Waals surface area contributed by atoms with Gasteiger partial charge in [-0.3, -0.25) is 0 Å². The lowest BCUT2D eigenvalue weighted by molar-refractivity contribution is 0.426. The van der Waals surface area contributed by atoms with E-state index in [1.54, 1.807) is 6.20 Å². The van der Waals surface area contributed by atoms with Gasteiger partial charge in [-0.05, 0) is 37.9 Å². The Kier molecular flexibility index (Phi) is 2.88. The minimum absolute atomic E-state index is 0.588. The zero-order chi connectivity index (χ0) is 13.4. The molecule has 2 aromatic rings. The molecule has 0 amide bonds. The highest BCUT2D eigenvalue weighted by Crippen LogP contribution is 2.28. The number of hydrogen-bond donors (Lipinski definition) is 1. The van der Waals surface area contributed by atoms with E-state index in [9.17, 15) is 0 Å². The van der Waals surface area contributed by atoms with Gasteiger partial charge in [-0.2, -0.15) is 0 Å². The molecule has 2 unspecified atom stereocenters. The summed E-state index contributed by atoms with van der Waals surface area (Å²) in [6.45, 7) is 2.14. The second-order valence-corrected chi connectivity index (χ2v) is 5.47. The van der Waals surface area contributed by atoms with E-state index in [4.69, 9.17) is 4.42 Å². The molecule has 3 fully saturated rings. The Hall–Kier alpha value is -1.95. The largest absolute Gasteiger partial charge is 0.442 e. The summed E-state index contributed by atoms with van der Waals surface area (Å²) in [5.74, 6) is 1.62. The minimum Gasteiger partial charge on any atom is -0.442 e. The number of hydrogen-bond acceptors (Lipinski definition) is 6. The SMILES string of the molecule is c1ncc(-c2ccc(N3CC4CCC3CCN4)nn2)o1. The first-order valence-electron chi connectivity index (χ1n) is 7.13. The van der Waals surface area contributed by atoms with Crippen LogP contribution in [0.4, 0.5) is 5.82 Å². The first-order valence-corrected chi connectivity index (χ1v) is 7.13. The second-order valence-electron chi connectivity index (χ2n) is 5.47. The Morgan fingerprint density at radius 2 is 2.20 bits per heavy atom. The lowest BCUT2D eigenvalue weighted by Gasteiger charge is -2.36. The summed E-state index contributed by atoms with van der Waals surface area (Å²) in [6.07, 6.45) is 6.75. The lowest BCUT2D eigenvalue weighted by atomic mass is 9.99. The van der Waals surface area contributed by atoms with Gasteiger partial charge in [0.05, 0.1) is 6.20 Å². The van der Waals surface area contributed by atoms with Crippen LogP contribution in [-0.4, -0.2) is 40.4 Å².